The standard InChI is InChI=1S/C27H22N4O4/c1-15-12-19(22(32)13-16(15)2)20-14-21(31-30-20)26(33)29-24-18-10-6-7-11-23(18)35-25(24)27(34)28-17-8-4-3-5-9-17/h3-14,32H,1-2H3,(H,28,34)(H,29,33)(H,30,31). The van der Waals surface area contributed by atoms with Crippen molar-refractivity contribution in [1.29, 1.82) is 0 Å². The Balaban J connectivity index is 1.46. The van der Waals surface area contributed by atoms with Gasteiger partial charge in [0.15, 0.2) is 0 Å². The Morgan fingerprint density at radius 1 is 0.886 bits per heavy atom. The van der Waals surface area contributed by atoms with Crippen LogP contribution in [-0.4, -0.2) is 27.1 Å². The lowest BCUT2D eigenvalue weighted by Gasteiger charge is -2.07. The molecule has 35 heavy (non-hydrogen) atoms. The van der Waals surface area contributed by atoms with E-state index in [1.54, 1.807) is 60.7 Å². The Kier molecular flexibility index (Phi) is 5.54. The van der Waals surface area contributed by atoms with Gasteiger partial charge in [0.1, 0.15) is 22.7 Å². The predicted molar refractivity (Wildman–Crippen MR) is 134 cm³/mol. The molecule has 0 aliphatic rings. The molecule has 5 rings (SSSR count). The number of rotatable bonds is 5. The second-order valence-corrected chi connectivity index (χ2v) is 8.20. The van der Waals surface area contributed by atoms with Gasteiger partial charge in [-0.25, -0.2) is 0 Å². The second kappa shape index (κ2) is 8.83. The molecular weight excluding hydrogens is 444 g/mol. The molecule has 0 radical (unpaired) electrons. The van der Waals surface area contributed by atoms with Gasteiger partial charge >= 0.3 is 0 Å². The molecule has 8 nitrogen and oxygen atoms in total. The van der Waals surface area contributed by atoms with Crippen molar-refractivity contribution in [1.82, 2.24) is 10.2 Å². The third kappa shape index (κ3) is 4.24. The highest BCUT2D eigenvalue weighted by Crippen LogP contribution is 2.33. The predicted octanol–water partition coefficient (Wildman–Crippen LogP) is 5.65. The summed E-state index contributed by atoms with van der Waals surface area (Å²) in [6.07, 6.45) is 0. The Bertz CT molecular complexity index is 1570. The lowest BCUT2D eigenvalue weighted by Crippen LogP contribution is -2.17. The SMILES string of the molecule is Cc1cc(O)c(-c2cc(C(=O)Nc3c(C(=O)Nc4ccccc4)oc4ccccc34)[nH]n2)cc1C. The minimum absolute atomic E-state index is 0.0186. The summed E-state index contributed by atoms with van der Waals surface area (Å²) < 4.78 is 5.80. The fourth-order valence-electron chi connectivity index (χ4n) is 3.80. The van der Waals surface area contributed by atoms with Gasteiger partial charge in [-0.3, -0.25) is 14.7 Å². The molecule has 0 saturated carbocycles. The molecule has 8 heteroatoms. The number of aromatic hydroxyl groups is 1. The van der Waals surface area contributed by atoms with Crippen LogP contribution in [0.4, 0.5) is 11.4 Å². The molecule has 0 aliphatic carbocycles. The van der Waals surface area contributed by atoms with Gasteiger partial charge in [-0.1, -0.05) is 30.3 Å². The topological polar surface area (TPSA) is 120 Å². The molecule has 0 atom stereocenters. The van der Waals surface area contributed by atoms with Gasteiger partial charge in [-0.05, 0) is 67.4 Å². The van der Waals surface area contributed by atoms with Crippen LogP contribution in [0.5, 0.6) is 5.75 Å². The fourth-order valence-corrected chi connectivity index (χ4v) is 3.80. The zero-order chi connectivity index (χ0) is 24.5. The molecule has 0 aliphatic heterocycles. The lowest BCUT2D eigenvalue weighted by molar-refractivity contribution is 0.0999. The number of hydrogen-bond donors (Lipinski definition) is 4. The summed E-state index contributed by atoms with van der Waals surface area (Å²) in [5, 5.41) is 23.4. The molecule has 2 aromatic heterocycles. The summed E-state index contributed by atoms with van der Waals surface area (Å²) in [5.41, 5.74) is 4.36. The van der Waals surface area contributed by atoms with Crippen LogP contribution in [0.25, 0.3) is 22.2 Å². The van der Waals surface area contributed by atoms with E-state index in [-0.39, 0.29) is 22.9 Å². The number of para-hydroxylation sites is 2. The number of H-pyrrole nitrogens is 1. The maximum Gasteiger partial charge on any atom is 0.293 e. The van der Waals surface area contributed by atoms with Crippen molar-refractivity contribution in [3.63, 3.8) is 0 Å². The van der Waals surface area contributed by atoms with Crippen molar-refractivity contribution in [3.8, 4) is 17.0 Å². The summed E-state index contributed by atoms with van der Waals surface area (Å²) in [7, 11) is 0. The molecule has 0 spiro atoms. The number of phenolic OH excluding ortho intramolecular Hbond substituents is 1. The first-order chi connectivity index (χ1) is 16.9. The minimum Gasteiger partial charge on any atom is -0.507 e. The second-order valence-electron chi connectivity index (χ2n) is 8.20. The lowest BCUT2D eigenvalue weighted by atomic mass is 10.0. The van der Waals surface area contributed by atoms with Crippen LogP contribution in [0.3, 0.4) is 0 Å². The number of carbonyl (C=O) groups is 2. The van der Waals surface area contributed by atoms with Gasteiger partial charge in [-0.15, -0.1) is 0 Å². The molecule has 174 valence electrons. The number of aromatic nitrogens is 2. The highest BCUT2D eigenvalue weighted by molar-refractivity contribution is 6.16. The maximum atomic E-state index is 13.1. The molecule has 4 N–H and O–H groups in total. The summed E-state index contributed by atoms with van der Waals surface area (Å²) in [6.45, 7) is 3.84. The Morgan fingerprint density at radius 3 is 2.40 bits per heavy atom. The van der Waals surface area contributed by atoms with E-state index in [4.69, 9.17) is 4.42 Å². The van der Waals surface area contributed by atoms with Crippen molar-refractivity contribution in [2.24, 2.45) is 0 Å². The number of aryl methyl sites for hydroxylation is 2. The van der Waals surface area contributed by atoms with E-state index in [9.17, 15) is 14.7 Å². The number of carbonyl (C=O) groups excluding carboxylic acids is 2. The van der Waals surface area contributed by atoms with Crippen LogP contribution < -0.4 is 10.6 Å². The average Bonchev–Trinajstić information content (AvgIpc) is 3.48. The van der Waals surface area contributed by atoms with Crippen molar-refractivity contribution in [2.45, 2.75) is 13.8 Å². The van der Waals surface area contributed by atoms with Crippen molar-refractivity contribution < 1.29 is 19.1 Å². The summed E-state index contributed by atoms with van der Waals surface area (Å²) in [4.78, 5) is 26.1. The van der Waals surface area contributed by atoms with E-state index >= 15 is 0 Å². The normalized spacial score (nSPS) is 10.9. The van der Waals surface area contributed by atoms with Gasteiger partial charge in [-0.2, -0.15) is 5.10 Å². The van der Waals surface area contributed by atoms with Crippen molar-refractivity contribution in [3.05, 3.63) is 95.4 Å². The number of nitrogens with one attached hydrogen (secondary N) is 3. The highest BCUT2D eigenvalue weighted by atomic mass is 16.3. The number of fused-ring (bicyclic) bond motifs is 1. The number of phenols is 1. The summed E-state index contributed by atoms with van der Waals surface area (Å²) >= 11 is 0. The van der Waals surface area contributed by atoms with Crippen LogP contribution in [0, 0.1) is 13.8 Å². The van der Waals surface area contributed by atoms with E-state index in [2.05, 4.69) is 20.8 Å². The van der Waals surface area contributed by atoms with E-state index in [1.165, 1.54) is 0 Å². The number of amides is 2. The molecule has 2 amide bonds. The third-order valence-corrected chi connectivity index (χ3v) is 5.78. The molecule has 2 heterocycles. The number of aromatic amines is 1. The van der Waals surface area contributed by atoms with Crippen LogP contribution in [0.15, 0.2) is 77.2 Å². The molecule has 0 saturated heterocycles. The Labute approximate surface area is 200 Å². The van der Waals surface area contributed by atoms with Crippen molar-refractivity contribution >= 4 is 34.2 Å². The number of furan rings is 1. The van der Waals surface area contributed by atoms with E-state index in [1.807, 2.05) is 26.0 Å². The largest absolute Gasteiger partial charge is 0.507 e. The molecule has 5 aromatic rings. The van der Waals surface area contributed by atoms with Gasteiger partial charge in [0.25, 0.3) is 11.8 Å². The number of hydrogen-bond acceptors (Lipinski definition) is 5. The first-order valence-electron chi connectivity index (χ1n) is 11.0. The maximum absolute atomic E-state index is 13.1. The van der Waals surface area contributed by atoms with Crippen LogP contribution >= 0.6 is 0 Å². The molecular formula is C27H22N4O4. The monoisotopic (exact) mass is 466 g/mol. The first-order valence-corrected chi connectivity index (χ1v) is 11.0. The molecule has 3 aromatic carbocycles. The van der Waals surface area contributed by atoms with Crippen LogP contribution in [0.2, 0.25) is 0 Å². The minimum atomic E-state index is -0.507. The van der Waals surface area contributed by atoms with Crippen molar-refractivity contribution in [2.75, 3.05) is 10.6 Å². The van der Waals surface area contributed by atoms with E-state index in [0.717, 1.165) is 11.1 Å². The van der Waals surface area contributed by atoms with Crippen LogP contribution in [0.1, 0.15) is 32.2 Å². The first kappa shape index (κ1) is 22.0. The van der Waals surface area contributed by atoms with Gasteiger partial charge in [0.2, 0.25) is 5.76 Å². The molecule has 0 fully saturated rings. The molecule has 0 bridgehead atoms. The van der Waals surface area contributed by atoms with E-state index < -0.39 is 11.8 Å². The number of nitrogens with zero attached hydrogens (tertiary/aromatic N) is 1. The van der Waals surface area contributed by atoms with Gasteiger partial charge in [0.05, 0.1) is 5.69 Å². The van der Waals surface area contributed by atoms with E-state index in [0.29, 0.717) is 27.9 Å². The highest BCUT2D eigenvalue weighted by Gasteiger charge is 2.24. The number of benzene rings is 3. The summed E-state index contributed by atoms with van der Waals surface area (Å²) in [6, 6.07) is 21.1. The zero-order valence-electron chi connectivity index (χ0n) is 19.0. The smallest absolute Gasteiger partial charge is 0.293 e. The quantitative estimate of drug-likeness (QED) is 0.267. The zero-order valence-corrected chi connectivity index (χ0v) is 19.0. The Morgan fingerprint density at radius 2 is 1.60 bits per heavy atom. The number of anilines is 2. The fraction of sp³-hybridized carbons (Fsp3) is 0.0741. The molecule has 0 unspecified atom stereocenters. The Hall–Kier alpha value is -4.85. The van der Waals surface area contributed by atoms with Gasteiger partial charge < -0.3 is 20.2 Å². The summed E-state index contributed by atoms with van der Waals surface area (Å²) in [5.74, 6) is -0.942. The van der Waals surface area contributed by atoms with Crippen LogP contribution in [-0.2, 0) is 0 Å². The average molecular weight is 466 g/mol. The van der Waals surface area contributed by atoms with Gasteiger partial charge in [0, 0.05) is 16.6 Å². The third-order valence-electron chi connectivity index (χ3n) is 5.78.